The molecule has 5 rings (SSSR count). The summed E-state index contributed by atoms with van der Waals surface area (Å²) in [4.78, 5) is 12.0. The number of hydrogen-bond acceptors (Lipinski definition) is 3. The van der Waals surface area contributed by atoms with E-state index in [1.165, 1.54) is 0 Å². The number of alkyl halides is 3. The summed E-state index contributed by atoms with van der Waals surface area (Å²) in [7, 11) is 0. The molecule has 1 N–H and O–H groups in total. The smallest absolute Gasteiger partial charge is 0.391 e. The van der Waals surface area contributed by atoms with Gasteiger partial charge in [-0.15, -0.1) is 0 Å². The van der Waals surface area contributed by atoms with E-state index < -0.39 is 12.1 Å². The molecule has 0 spiro atoms. The van der Waals surface area contributed by atoms with Crippen LogP contribution in [-0.4, -0.2) is 27.2 Å². The average molecular weight is 472 g/mol. The van der Waals surface area contributed by atoms with Gasteiger partial charge in [-0.3, -0.25) is 0 Å². The Morgan fingerprint density at radius 3 is 2.15 bits per heavy atom. The van der Waals surface area contributed by atoms with Gasteiger partial charge < -0.3 is 9.72 Å². The Morgan fingerprint density at radius 1 is 0.848 bits per heavy atom. The summed E-state index contributed by atoms with van der Waals surface area (Å²) in [5, 5.41) is 0.468. The number of aromatic amines is 1. The lowest BCUT2D eigenvalue weighted by Gasteiger charge is -2.29. The van der Waals surface area contributed by atoms with Crippen LogP contribution < -0.4 is 4.74 Å². The quantitative estimate of drug-likeness (QED) is 0.336. The van der Waals surface area contributed by atoms with Gasteiger partial charge in [-0.1, -0.05) is 66.2 Å². The second-order valence-electron chi connectivity index (χ2n) is 8.31. The van der Waals surface area contributed by atoms with Crippen LogP contribution >= 0.6 is 11.6 Å². The molecular formula is C25H21ClF3N3O. The van der Waals surface area contributed by atoms with Crippen molar-refractivity contribution in [2.45, 2.75) is 38.0 Å². The number of H-pyrrole nitrogens is 1. The van der Waals surface area contributed by atoms with Gasteiger partial charge in [0, 0.05) is 5.56 Å². The normalized spacial score (nSPS) is 19.0. The Kier molecular flexibility index (Phi) is 5.74. The molecule has 0 bridgehead atoms. The summed E-state index contributed by atoms with van der Waals surface area (Å²) in [6, 6.07) is 20.0. The van der Waals surface area contributed by atoms with Gasteiger partial charge in [0.05, 0.1) is 22.2 Å². The lowest BCUT2D eigenvalue weighted by molar-refractivity contribution is -0.185. The maximum atomic E-state index is 12.9. The number of halogens is 4. The summed E-state index contributed by atoms with van der Waals surface area (Å²) in [6.07, 6.45) is -3.61. The zero-order valence-electron chi connectivity index (χ0n) is 17.6. The van der Waals surface area contributed by atoms with Crippen molar-refractivity contribution in [3.05, 3.63) is 65.7 Å². The molecule has 2 aromatic heterocycles. The molecule has 2 aromatic carbocycles. The molecule has 1 saturated carbocycles. The summed E-state index contributed by atoms with van der Waals surface area (Å²) in [6.45, 7) is 0. The number of aromatic nitrogens is 3. The highest BCUT2D eigenvalue weighted by Gasteiger charge is 2.41. The van der Waals surface area contributed by atoms with E-state index in [1.807, 2.05) is 54.6 Å². The van der Waals surface area contributed by atoms with Crippen LogP contribution in [0.4, 0.5) is 13.2 Å². The maximum absolute atomic E-state index is 12.9. The molecule has 0 saturated heterocycles. The molecule has 1 aliphatic rings. The van der Waals surface area contributed by atoms with Crippen LogP contribution in [0, 0.1) is 5.92 Å². The first-order valence-electron chi connectivity index (χ1n) is 10.8. The second-order valence-corrected chi connectivity index (χ2v) is 8.72. The lowest BCUT2D eigenvalue weighted by Crippen LogP contribution is -2.32. The van der Waals surface area contributed by atoms with E-state index in [1.54, 1.807) is 6.07 Å². The van der Waals surface area contributed by atoms with Crippen LogP contribution in [0.3, 0.4) is 0 Å². The van der Waals surface area contributed by atoms with E-state index in [0.29, 0.717) is 34.7 Å². The zero-order chi connectivity index (χ0) is 23.0. The first kappa shape index (κ1) is 21.8. The number of ether oxygens (including phenoxy) is 1. The fraction of sp³-hybridized carbons (Fsp3) is 0.280. The third-order valence-corrected chi connectivity index (χ3v) is 6.37. The van der Waals surface area contributed by atoms with Gasteiger partial charge in [0.15, 0.2) is 5.65 Å². The summed E-state index contributed by atoms with van der Waals surface area (Å²) in [5.41, 5.74) is 4.73. The Hall–Kier alpha value is -3.06. The Bertz CT molecular complexity index is 1250. The molecular weight excluding hydrogens is 451 g/mol. The molecule has 0 atom stereocenters. The Morgan fingerprint density at radius 2 is 1.48 bits per heavy atom. The molecule has 170 valence electrons. The molecule has 4 aromatic rings. The molecule has 1 aliphatic carbocycles. The molecule has 8 heteroatoms. The van der Waals surface area contributed by atoms with Gasteiger partial charge in [-0.05, 0) is 42.9 Å². The van der Waals surface area contributed by atoms with E-state index in [2.05, 4.69) is 15.0 Å². The Balaban J connectivity index is 1.33. The van der Waals surface area contributed by atoms with Gasteiger partial charge in [-0.25, -0.2) is 4.98 Å². The van der Waals surface area contributed by atoms with Gasteiger partial charge >= 0.3 is 6.18 Å². The minimum atomic E-state index is -4.14. The largest absolute Gasteiger partial charge is 0.461 e. The standard InChI is InChI=1S/C25H21ClF3N3O/c26-20-14-21-23(32-24(30-21)33-19-12-10-18(11-13-19)25(27,28)29)31-22(20)17-8-6-16(7-9-17)15-4-2-1-3-5-15/h1-9,14,18-19H,10-13H2,(H,30,31,32)/t18-,19-. The van der Waals surface area contributed by atoms with E-state index in [4.69, 9.17) is 16.3 Å². The maximum Gasteiger partial charge on any atom is 0.391 e. The Labute approximate surface area is 193 Å². The van der Waals surface area contributed by atoms with E-state index >= 15 is 0 Å². The minimum absolute atomic E-state index is 0.0710. The van der Waals surface area contributed by atoms with Crippen molar-refractivity contribution in [3.63, 3.8) is 0 Å². The topological polar surface area (TPSA) is 50.8 Å². The number of pyridine rings is 1. The van der Waals surface area contributed by atoms with Crippen LogP contribution in [0.25, 0.3) is 33.5 Å². The molecule has 0 unspecified atom stereocenters. The van der Waals surface area contributed by atoms with Crippen molar-refractivity contribution >= 4 is 22.8 Å². The monoisotopic (exact) mass is 471 g/mol. The summed E-state index contributed by atoms with van der Waals surface area (Å²) < 4.78 is 44.5. The minimum Gasteiger partial charge on any atom is -0.461 e. The number of rotatable bonds is 4. The number of nitrogens with one attached hydrogen (secondary N) is 1. The zero-order valence-corrected chi connectivity index (χ0v) is 18.3. The lowest BCUT2D eigenvalue weighted by atomic mass is 9.87. The van der Waals surface area contributed by atoms with Crippen molar-refractivity contribution in [2.75, 3.05) is 0 Å². The third kappa shape index (κ3) is 4.69. The van der Waals surface area contributed by atoms with Crippen LogP contribution in [0.1, 0.15) is 25.7 Å². The van der Waals surface area contributed by atoms with Crippen molar-refractivity contribution in [1.82, 2.24) is 15.0 Å². The third-order valence-electron chi connectivity index (χ3n) is 6.09. The summed E-state index contributed by atoms with van der Waals surface area (Å²) >= 11 is 6.50. The van der Waals surface area contributed by atoms with Gasteiger partial charge in [0.1, 0.15) is 6.10 Å². The van der Waals surface area contributed by atoms with E-state index in [-0.39, 0.29) is 25.0 Å². The highest BCUT2D eigenvalue weighted by Crippen LogP contribution is 2.38. The predicted octanol–water partition coefficient (Wildman–Crippen LogP) is 7.45. The number of fused-ring (bicyclic) bond motifs is 1. The van der Waals surface area contributed by atoms with Gasteiger partial charge in [0.2, 0.25) is 0 Å². The van der Waals surface area contributed by atoms with Crippen molar-refractivity contribution in [2.24, 2.45) is 5.92 Å². The van der Waals surface area contributed by atoms with Crippen LogP contribution in [0.15, 0.2) is 60.7 Å². The number of hydrogen-bond donors (Lipinski definition) is 1. The first-order valence-corrected chi connectivity index (χ1v) is 11.2. The summed E-state index contributed by atoms with van der Waals surface area (Å²) in [5.74, 6) is -1.25. The fourth-order valence-corrected chi connectivity index (χ4v) is 4.53. The SMILES string of the molecule is FC(F)(F)[C@H]1CC[C@H](Oc2nc3nc(-c4ccc(-c5ccccc5)cc4)c(Cl)cc3[nH]2)CC1. The average Bonchev–Trinajstić information content (AvgIpc) is 3.20. The van der Waals surface area contributed by atoms with Gasteiger partial charge in [-0.2, -0.15) is 18.2 Å². The van der Waals surface area contributed by atoms with Crippen LogP contribution in [0.5, 0.6) is 6.01 Å². The molecule has 4 nitrogen and oxygen atoms in total. The molecule has 1 fully saturated rings. The molecule has 33 heavy (non-hydrogen) atoms. The van der Waals surface area contributed by atoms with Crippen LogP contribution in [0.2, 0.25) is 5.02 Å². The van der Waals surface area contributed by atoms with Crippen LogP contribution in [-0.2, 0) is 0 Å². The molecule has 0 amide bonds. The van der Waals surface area contributed by atoms with E-state index in [9.17, 15) is 13.2 Å². The number of imidazole rings is 1. The number of nitrogens with zero attached hydrogens (tertiary/aromatic N) is 2. The van der Waals surface area contributed by atoms with Gasteiger partial charge in [0.25, 0.3) is 6.01 Å². The molecule has 2 heterocycles. The van der Waals surface area contributed by atoms with Crippen molar-refractivity contribution in [3.8, 4) is 28.4 Å². The van der Waals surface area contributed by atoms with E-state index in [0.717, 1.165) is 16.7 Å². The highest BCUT2D eigenvalue weighted by molar-refractivity contribution is 6.33. The molecule has 0 aliphatic heterocycles. The van der Waals surface area contributed by atoms with Crippen molar-refractivity contribution < 1.29 is 17.9 Å². The highest BCUT2D eigenvalue weighted by atomic mass is 35.5. The second kappa shape index (κ2) is 8.71. The predicted molar refractivity (Wildman–Crippen MR) is 122 cm³/mol. The molecule has 0 radical (unpaired) electrons. The fourth-order valence-electron chi connectivity index (χ4n) is 4.27. The van der Waals surface area contributed by atoms with Crippen molar-refractivity contribution in [1.29, 1.82) is 0 Å². The number of benzene rings is 2. The first-order chi connectivity index (χ1) is 15.9.